The second-order valence-electron chi connectivity index (χ2n) is 6.53. The maximum absolute atomic E-state index is 11.5. The largest absolute Gasteiger partial charge is 0.486 e. The van der Waals surface area contributed by atoms with E-state index in [-0.39, 0.29) is 16.9 Å². The highest BCUT2D eigenvalue weighted by atomic mass is 32.2. The summed E-state index contributed by atoms with van der Waals surface area (Å²) in [6.07, 6.45) is -1.61. The molecule has 1 N–H and O–H groups in total. The highest BCUT2D eigenvalue weighted by Gasteiger charge is 2.38. The molecule has 1 aliphatic heterocycles. The zero-order chi connectivity index (χ0) is 15.1. The fraction of sp³-hybridized carbons (Fsp3) is 0.600. The predicted molar refractivity (Wildman–Crippen MR) is 79.0 cm³/mol. The Hall–Kier alpha value is -1.07. The minimum absolute atomic E-state index is 0.0551. The molecule has 4 nitrogen and oxygen atoms in total. The van der Waals surface area contributed by atoms with Crippen molar-refractivity contribution in [3.05, 3.63) is 29.3 Å². The van der Waals surface area contributed by atoms with E-state index in [0.717, 1.165) is 5.56 Å². The lowest BCUT2D eigenvalue weighted by molar-refractivity contribution is 0.0733. The Morgan fingerprint density at radius 3 is 2.35 bits per heavy atom. The molecule has 2 unspecified atom stereocenters. The molecule has 2 atom stereocenters. The zero-order valence-corrected chi connectivity index (χ0v) is 13.2. The molecule has 1 fully saturated rings. The van der Waals surface area contributed by atoms with Crippen LogP contribution in [0.2, 0.25) is 0 Å². The number of aryl methyl sites for hydroxylation is 1. The van der Waals surface area contributed by atoms with Crippen LogP contribution in [-0.4, -0.2) is 37.2 Å². The van der Waals surface area contributed by atoms with E-state index < -0.39 is 22.0 Å². The van der Waals surface area contributed by atoms with Crippen LogP contribution in [-0.2, 0) is 15.3 Å². The Balaban J connectivity index is 2.19. The number of aliphatic hydroxyl groups excluding tert-OH is 1. The van der Waals surface area contributed by atoms with E-state index in [2.05, 4.69) is 20.8 Å². The molecule has 1 aromatic rings. The quantitative estimate of drug-likeness (QED) is 0.905. The van der Waals surface area contributed by atoms with Crippen molar-refractivity contribution < 1.29 is 18.3 Å². The first-order valence-electron chi connectivity index (χ1n) is 6.75. The SMILES string of the molecule is Cc1cc(C(C)(C)C)ccc1OC1CS(=O)(=O)CC1O. The summed E-state index contributed by atoms with van der Waals surface area (Å²) in [5.41, 5.74) is 2.20. The summed E-state index contributed by atoms with van der Waals surface area (Å²) in [5, 5.41) is 9.76. The van der Waals surface area contributed by atoms with Gasteiger partial charge in [0.25, 0.3) is 0 Å². The first kappa shape index (κ1) is 15.3. The van der Waals surface area contributed by atoms with Crippen LogP contribution in [0.15, 0.2) is 18.2 Å². The summed E-state index contributed by atoms with van der Waals surface area (Å²) in [7, 11) is -3.18. The summed E-state index contributed by atoms with van der Waals surface area (Å²) in [6.45, 7) is 8.33. The van der Waals surface area contributed by atoms with Crippen molar-refractivity contribution >= 4 is 9.84 Å². The molecule has 1 saturated heterocycles. The van der Waals surface area contributed by atoms with Gasteiger partial charge >= 0.3 is 0 Å². The van der Waals surface area contributed by atoms with Gasteiger partial charge in [-0.15, -0.1) is 0 Å². The Kier molecular flexibility index (Phi) is 3.86. The Morgan fingerprint density at radius 1 is 1.25 bits per heavy atom. The van der Waals surface area contributed by atoms with Crippen molar-refractivity contribution in [2.24, 2.45) is 0 Å². The van der Waals surface area contributed by atoms with Crippen LogP contribution >= 0.6 is 0 Å². The van der Waals surface area contributed by atoms with E-state index in [0.29, 0.717) is 5.75 Å². The van der Waals surface area contributed by atoms with Crippen molar-refractivity contribution in [1.82, 2.24) is 0 Å². The van der Waals surface area contributed by atoms with Gasteiger partial charge in [-0.3, -0.25) is 0 Å². The maximum Gasteiger partial charge on any atom is 0.156 e. The number of sulfone groups is 1. The third kappa shape index (κ3) is 3.33. The summed E-state index contributed by atoms with van der Waals surface area (Å²) >= 11 is 0. The number of rotatable bonds is 2. The van der Waals surface area contributed by atoms with Crippen LogP contribution in [0.5, 0.6) is 5.75 Å². The third-order valence-corrected chi connectivity index (χ3v) is 5.28. The molecule has 1 aromatic carbocycles. The fourth-order valence-corrected chi connectivity index (χ4v) is 3.98. The van der Waals surface area contributed by atoms with Crippen LogP contribution in [0.25, 0.3) is 0 Å². The van der Waals surface area contributed by atoms with Gasteiger partial charge in [-0.25, -0.2) is 8.42 Å². The van der Waals surface area contributed by atoms with E-state index >= 15 is 0 Å². The normalized spacial score (nSPS) is 25.6. The molecule has 1 aliphatic rings. The highest BCUT2D eigenvalue weighted by molar-refractivity contribution is 7.91. The van der Waals surface area contributed by atoms with Crippen LogP contribution in [0.1, 0.15) is 31.9 Å². The van der Waals surface area contributed by atoms with E-state index in [1.165, 1.54) is 5.56 Å². The number of ether oxygens (including phenoxy) is 1. The summed E-state index contributed by atoms with van der Waals surface area (Å²) in [5.74, 6) is 0.310. The van der Waals surface area contributed by atoms with Crippen molar-refractivity contribution in [1.29, 1.82) is 0 Å². The average molecular weight is 298 g/mol. The zero-order valence-electron chi connectivity index (χ0n) is 12.4. The molecule has 1 heterocycles. The molecular weight excluding hydrogens is 276 g/mol. The van der Waals surface area contributed by atoms with Gasteiger partial charge in [0.2, 0.25) is 0 Å². The van der Waals surface area contributed by atoms with E-state index in [9.17, 15) is 13.5 Å². The fourth-order valence-electron chi connectivity index (χ4n) is 2.32. The minimum atomic E-state index is -3.18. The average Bonchev–Trinajstić information content (AvgIpc) is 2.53. The van der Waals surface area contributed by atoms with Crippen LogP contribution in [0, 0.1) is 6.92 Å². The van der Waals surface area contributed by atoms with Gasteiger partial charge in [-0.1, -0.05) is 32.9 Å². The molecule has 0 radical (unpaired) electrons. The van der Waals surface area contributed by atoms with Crippen LogP contribution in [0.3, 0.4) is 0 Å². The standard InChI is InChI=1S/C15H22O4S/c1-10-7-11(15(2,3)4)5-6-13(10)19-14-9-20(17,18)8-12(14)16/h5-7,12,14,16H,8-9H2,1-4H3. The Labute approximate surface area is 120 Å². The molecular formula is C15H22O4S. The number of benzene rings is 1. The van der Waals surface area contributed by atoms with Gasteiger partial charge < -0.3 is 9.84 Å². The lowest BCUT2D eigenvalue weighted by Gasteiger charge is -2.22. The van der Waals surface area contributed by atoms with Crippen molar-refractivity contribution in [2.45, 2.75) is 45.3 Å². The van der Waals surface area contributed by atoms with Gasteiger partial charge in [0.05, 0.1) is 11.5 Å². The van der Waals surface area contributed by atoms with Gasteiger partial charge in [0.15, 0.2) is 9.84 Å². The Morgan fingerprint density at radius 2 is 1.90 bits per heavy atom. The Bertz CT molecular complexity index is 599. The van der Waals surface area contributed by atoms with E-state index in [1.54, 1.807) is 0 Å². The maximum atomic E-state index is 11.5. The van der Waals surface area contributed by atoms with Crippen LogP contribution < -0.4 is 4.74 Å². The molecule has 5 heteroatoms. The number of hydrogen-bond donors (Lipinski definition) is 1. The lowest BCUT2D eigenvalue weighted by atomic mass is 9.86. The topological polar surface area (TPSA) is 63.6 Å². The molecule has 2 rings (SSSR count). The van der Waals surface area contributed by atoms with E-state index in [1.807, 2.05) is 25.1 Å². The van der Waals surface area contributed by atoms with Gasteiger partial charge in [-0.05, 0) is 29.5 Å². The molecule has 112 valence electrons. The summed E-state index contributed by atoms with van der Waals surface area (Å²) in [4.78, 5) is 0. The predicted octanol–water partition coefficient (Wildman–Crippen LogP) is 1.83. The highest BCUT2D eigenvalue weighted by Crippen LogP contribution is 2.29. The first-order valence-corrected chi connectivity index (χ1v) is 8.57. The van der Waals surface area contributed by atoms with Gasteiger partial charge in [0, 0.05) is 0 Å². The first-order chi connectivity index (χ1) is 9.08. The summed E-state index contributed by atoms with van der Waals surface area (Å²) < 4.78 is 28.6. The van der Waals surface area contributed by atoms with Crippen molar-refractivity contribution in [3.8, 4) is 5.75 Å². The van der Waals surface area contributed by atoms with Crippen LogP contribution in [0.4, 0.5) is 0 Å². The summed E-state index contributed by atoms with van der Waals surface area (Å²) in [6, 6.07) is 5.89. The van der Waals surface area contributed by atoms with Crippen molar-refractivity contribution in [2.75, 3.05) is 11.5 Å². The molecule has 0 spiro atoms. The smallest absolute Gasteiger partial charge is 0.156 e. The second-order valence-corrected chi connectivity index (χ2v) is 8.68. The molecule has 0 aromatic heterocycles. The molecule has 0 aliphatic carbocycles. The third-order valence-electron chi connectivity index (χ3n) is 3.59. The molecule has 0 amide bonds. The van der Waals surface area contributed by atoms with Gasteiger partial charge in [0.1, 0.15) is 18.0 Å². The minimum Gasteiger partial charge on any atom is -0.486 e. The number of aliphatic hydroxyl groups is 1. The number of hydrogen-bond acceptors (Lipinski definition) is 4. The molecule has 0 bridgehead atoms. The van der Waals surface area contributed by atoms with E-state index in [4.69, 9.17) is 4.74 Å². The monoisotopic (exact) mass is 298 g/mol. The lowest BCUT2D eigenvalue weighted by Crippen LogP contribution is -2.30. The molecule has 0 saturated carbocycles. The molecule has 20 heavy (non-hydrogen) atoms. The van der Waals surface area contributed by atoms with Crippen molar-refractivity contribution in [3.63, 3.8) is 0 Å². The second kappa shape index (κ2) is 5.04. The van der Waals surface area contributed by atoms with Gasteiger partial charge in [-0.2, -0.15) is 0 Å².